The Morgan fingerprint density at radius 3 is 2.39 bits per heavy atom. The van der Waals surface area contributed by atoms with Crippen LogP contribution in [0, 0.1) is 0 Å². The fraction of sp³-hybridized carbons (Fsp3) is 0.333. The molecule has 0 saturated carbocycles. The van der Waals surface area contributed by atoms with Gasteiger partial charge in [0.05, 0.1) is 0 Å². The highest BCUT2D eigenvalue weighted by molar-refractivity contribution is 7.99. The van der Waals surface area contributed by atoms with E-state index in [-0.39, 0.29) is 11.2 Å². The molecule has 3 aromatic heterocycles. The molecule has 0 bridgehead atoms. The number of hydrogen-bond acceptors (Lipinski definition) is 8. The molecule has 0 radical (unpaired) electrons. The van der Waals surface area contributed by atoms with Gasteiger partial charge in [-0.15, -0.1) is 0 Å². The van der Waals surface area contributed by atoms with Gasteiger partial charge in [-0.3, -0.25) is 18.8 Å². The minimum absolute atomic E-state index is 0.337. The third kappa shape index (κ3) is 4.52. The number of thioether (sulfide) groups is 1. The largest absolute Gasteiger partial charge is 0.431 e. The molecule has 1 aliphatic heterocycles. The minimum atomic E-state index is -0.382. The molecule has 5 aromatic rings. The van der Waals surface area contributed by atoms with Crippen LogP contribution in [-0.2, 0) is 27.2 Å². The zero-order chi connectivity index (χ0) is 26.2. The summed E-state index contributed by atoms with van der Waals surface area (Å²) in [4.78, 5) is 39.9. The molecule has 1 saturated heterocycles. The molecule has 196 valence electrons. The molecule has 1 fully saturated rings. The number of rotatable bonds is 7. The van der Waals surface area contributed by atoms with E-state index in [1.807, 2.05) is 34.9 Å². The number of imidazole rings is 1. The van der Waals surface area contributed by atoms with E-state index in [2.05, 4.69) is 39.0 Å². The molecular formula is C27H29N7O3S. The van der Waals surface area contributed by atoms with Crippen LogP contribution < -0.4 is 16.1 Å². The smallest absolute Gasteiger partial charge is 0.332 e. The first-order chi connectivity index (χ1) is 18.5. The van der Waals surface area contributed by atoms with E-state index in [0.29, 0.717) is 28.7 Å². The Kier molecular flexibility index (Phi) is 6.54. The lowest BCUT2D eigenvalue weighted by molar-refractivity contribution is 0.248. The van der Waals surface area contributed by atoms with Crippen LogP contribution in [0.4, 0.5) is 5.95 Å². The van der Waals surface area contributed by atoms with Crippen molar-refractivity contribution >= 4 is 40.0 Å². The van der Waals surface area contributed by atoms with Crippen LogP contribution >= 0.6 is 11.8 Å². The molecule has 1 aliphatic rings. The maximum Gasteiger partial charge on any atom is 0.332 e. The molecule has 38 heavy (non-hydrogen) atoms. The first kappa shape index (κ1) is 24.5. The van der Waals surface area contributed by atoms with Crippen molar-refractivity contribution in [2.24, 2.45) is 14.1 Å². The summed E-state index contributed by atoms with van der Waals surface area (Å²) in [6.07, 6.45) is 0. The lowest BCUT2D eigenvalue weighted by atomic mass is 10.2. The quantitative estimate of drug-likeness (QED) is 0.296. The second-order valence-electron chi connectivity index (χ2n) is 9.49. The van der Waals surface area contributed by atoms with Gasteiger partial charge in [0.2, 0.25) is 5.95 Å². The summed E-state index contributed by atoms with van der Waals surface area (Å²) >= 11 is 1.50. The SMILES string of the molecule is Cn1c(=O)c2c(nc(N3CCN(Cc4ccccc4)CC3)n2CCSc2nc3ccccc3o2)n(C)c1=O. The summed E-state index contributed by atoms with van der Waals surface area (Å²) in [6, 6.07) is 18.1. The summed E-state index contributed by atoms with van der Waals surface area (Å²) in [5, 5.41) is 0.590. The molecule has 10 nitrogen and oxygen atoms in total. The average Bonchev–Trinajstić information content (AvgIpc) is 3.53. The number of oxazole rings is 1. The fourth-order valence-corrected chi connectivity index (χ4v) is 5.73. The second kappa shape index (κ2) is 10.1. The van der Waals surface area contributed by atoms with E-state index in [9.17, 15) is 9.59 Å². The lowest BCUT2D eigenvalue weighted by Crippen LogP contribution is -2.47. The molecule has 0 unspecified atom stereocenters. The lowest BCUT2D eigenvalue weighted by Gasteiger charge is -2.35. The van der Waals surface area contributed by atoms with Crippen molar-refractivity contribution in [1.29, 1.82) is 0 Å². The fourth-order valence-electron chi connectivity index (χ4n) is 4.97. The molecule has 6 rings (SSSR count). The first-order valence-corrected chi connectivity index (χ1v) is 13.6. The van der Waals surface area contributed by atoms with Gasteiger partial charge in [0.1, 0.15) is 5.52 Å². The van der Waals surface area contributed by atoms with Gasteiger partial charge in [0, 0.05) is 59.1 Å². The van der Waals surface area contributed by atoms with E-state index < -0.39 is 0 Å². The number of aromatic nitrogens is 5. The highest BCUT2D eigenvalue weighted by Gasteiger charge is 2.25. The Hall–Kier alpha value is -3.83. The Bertz CT molecular complexity index is 1680. The number of aryl methyl sites for hydroxylation is 2. The number of anilines is 1. The van der Waals surface area contributed by atoms with Crippen molar-refractivity contribution < 1.29 is 4.42 Å². The van der Waals surface area contributed by atoms with Crippen molar-refractivity contribution in [3.8, 4) is 0 Å². The molecule has 0 spiro atoms. The van der Waals surface area contributed by atoms with Crippen molar-refractivity contribution in [3.05, 3.63) is 81.0 Å². The van der Waals surface area contributed by atoms with Crippen LogP contribution in [0.2, 0.25) is 0 Å². The van der Waals surface area contributed by atoms with Crippen LogP contribution in [0.15, 0.2) is 73.8 Å². The maximum absolute atomic E-state index is 13.2. The van der Waals surface area contributed by atoms with Gasteiger partial charge in [0.25, 0.3) is 10.8 Å². The number of fused-ring (bicyclic) bond motifs is 2. The van der Waals surface area contributed by atoms with Crippen molar-refractivity contribution in [3.63, 3.8) is 0 Å². The highest BCUT2D eigenvalue weighted by Crippen LogP contribution is 2.26. The topological polar surface area (TPSA) is 94.3 Å². The van der Waals surface area contributed by atoms with E-state index in [1.165, 1.54) is 28.9 Å². The van der Waals surface area contributed by atoms with Crippen LogP contribution in [0.5, 0.6) is 0 Å². The monoisotopic (exact) mass is 531 g/mol. The van der Waals surface area contributed by atoms with E-state index in [0.717, 1.165) is 54.3 Å². The van der Waals surface area contributed by atoms with Gasteiger partial charge in [-0.25, -0.2) is 9.78 Å². The van der Waals surface area contributed by atoms with Gasteiger partial charge in [-0.1, -0.05) is 54.2 Å². The van der Waals surface area contributed by atoms with Crippen LogP contribution in [-0.4, -0.2) is 60.5 Å². The number of piperazine rings is 1. The molecule has 11 heteroatoms. The predicted octanol–water partition coefficient (Wildman–Crippen LogP) is 2.69. The Labute approximate surface area is 223 Å². The Morgan fingerprint density at radius 2 is 1.63 bits per heavy atom. The zero-order valence-electron chi connectivity index (χ0n) is 21.4. The van der Waals surface area contributed by atoms with Gasteiger partial charge in [-0.2, -0.15) is 4.98 Å². The number of hydrogen-bond donors (Lipinski definition) is 0. The maximum atomic E-state index is 13.2. The normalized spacial score (nSPS) is 14.6. The van der Waals surface area contributed by atoms with Crippen molar-refractivity contribution in [2.45, 2.75) is 18.3 Å². The molecule has 0 amide bonds. The molecule has 0 atom stereocenters. The first-order valence-electron chi connectivity index (χ1n) is 12.7. The zero-order valence-corrected chi connectivity index (χ0v) is 22.2. The van der Waals surface area contributed by atoms with Gasteiger partial charge >= 0.3 is 5.69 Å². The summed E-state index contributed by atoms with van der Waals surface area (Å²) in [7, 11) is 3.17. The summed E-state index contributed by atoms with van der Waals surface area (Å²) in [6.45, 7) is 4.75. The Balaban J connectivity index is 1.27. The molecule has 2 aromatic carbocycles. The van der Waals surface area contributed by atoms with Crippen LogP contribution in [0.25, 0.3) is 22.3 Å². The van der Waals surface area contributed by atoms with Crippen molar-refractivity contribution in [1.82, 2.24) is 28.6 Å². The number of para-hydroxylation sites is 2. The predicted molar refractivity (Wildman–Crippen MR) is 149 cm³/mol. The molecule has 0 N–H and O–H groups in total. The van der Waals surface area contributed by atoms with E-state index >= 15 is 0 Å². The highest BCUT2D eigenvalue weighted by atomic mass is 32.2. The number of benzene rings is 2. The minimum Gasteiger partial charge on any atom is -0.431 e. The van der Waals surface area contributed by atoms with Gasteiger partial charge < -0.3 is 13.9 Å². The van der Waals surface area contributed by atoms with E-state index in [4.69, 9.17) is 9.40 Å². The van der Waals surface area contributed by atoms with Crippen LogP contribution in [0.1, 0.15) is 5.56 Å². The average molecular weight is 532 g/mol. The van der Waals surface area contributed by atoms with Crippen molar-refractivity contribution in [2.75, 3.05) is 36.8 Å². The Morgan fingerprint density at radius 1 is 0.895 bits per heavy atom. The third-order valence-electron chi connectivity index (χ3n) is 7.05. The van der Waals surface area contributed by atoms with Gasteiger partial charge in [0.15, 0.2) is 16.7 Å². The van der Waals surface area contributed by atoms with Crippen LogP contribution in [0.3, 0.4) is 0 Å². The summed E-state index contributed by atoms with van der Waals surface area (Å²) in [5.41, 5.74) is 3.00. The molecule has 4 heterocycles. The number of nitrogens with zero attached hydrogens (tertiary/aromatic N) is 7. The van der Waals surface area contributed by atoms with E-state index in [1.54, 1.807) is 7.05 Å². The molecular weight excluding hydrogens is 502 g/mol. The third-order valence-corrected chi connectivity index (χ3v) is 7.85. The summed E-state index contributed by atoms with van der Waals surface area (Å²) in [5.74, 6) is 1.35. The molecule has 0 aliphatic carbocycles. The van der Waals surface area contributed by atoms with Gasteiger partial charge in [-0.05, 0) is 17.7 Å². The second-order valence-corrected chi connectivity index (χ2v) is 10.5. The summed E-state index contributed by atoms with van der Waals surface area (Å²) < 4.78 is 10.4. The standard InChI is InChI=1S/C27H29N7O3S/c1-30-23-22(24(35)31(2)27(30)36)34(16-17-38-26-28-20-10-6-7-11-21(20)37-26)25(29-23)33-14-12-32(13-15-33)18-19-8-4-3-5-9-19/h3-11H,12-18H2,1-2H3.